The van der Waals surface area contributed by atoms with Crippen molar-refractivity contribution in [1.82, 2.24) is 10.2 Å². The second-order valence-corrected chi connectivity index (χ2v) is 5.22. The molecule has 1 atom stereocenters. The number of hydrogen-bond acceptors (Lipinski definition) is 3. The Hall–Kier alpha value is -0.610. The van der Waals surface area contributed by atoms with Crippen LogP contribution in [0.15, 0.2) is 0 Å². The number of hydrogen-bond donors (Lipinski definition) is 1. The van der Waals surface area contributed by atoms with Crippen molar-refractivity contribution in [2.24, 2.45) is 5.41 Å². The molecule has 0 spiro atoms. The third-order valence-corrected chi connectivity index (χ3v) is 3.95. The number of nitrogens with one attached hydrogen (secondary N) is 1. The predicted molar refractivity (Wildman–Crippen MR) is 66.8 cm³/mol. The fraction of sp³-hybridized carbons (Fsp3) is 0.923. The van der Waals surface area contributed by atoms with Gasteiger partial charge in [0.2, 0.25) is 5.91 Å². The number of carbonyl (C=O) groups is 1. The van der Waals surface area contributed by atoms with Crippen molar-refractivity contribution in [2.45, 2.75) is 32.6 Å². The van der Waals surface area contributed by atoms with E-state index < -0.39 is 0 Å². The van der Waals surface area contributed by atoms with E-state index >= 15 is 0 Å². The fourth-order valence-electron chi connectivity index (χ4n) is 3.05. The summed E-state index contributed by atoms with van der Waals surface area (Å²) >= 11 is 0. The van der Waals surface area contributed by atoms with Crippen molar-refractivity contribution in [3.05, 3.63) is 0 Å². The molecule has 2 heterocycles. The second kappa shape index (κ2) is 5.83. The first-order valence-corrected chi connectivity index (χ1v) is 6.86. The molecule has 1 N–H and O–H groups in total. The van der Waals surface area contributed by atoms with Gasteiger partial charge in [-0.3, -0.25) is 4.79 Å². The van der Waals surface area contributed by atoms with Crippen LogP contribution in [0.3, 0.4) is 0 Å². The summed E-state index contributed by atoms with van der Waals surface area (Å²) in [6.45, 7) is 7.01. The molecule has 0 aromatic heterocycles. The highest BCUT2D eigenvalue weighted by atomic mass is 16.5. The van der Waals surface area contributed by atoms with Crippen LogP contribution in [-0.2, 0) is 9.53 Å². The summed E-state index contributed by atoms with van der Waals surface area (Å²) in [7, 11) is 0. The van der Waals surface area contributed by atoms with Crippen LogP contribution in [0, 0.1) is 5.41 Å². The van der Waals surface area contributed by atoms with E-state index in [0.29, 0.717) is 19.1 Å². The Morgan fingerprint density at radius 3 is 2.76 bits per heavy atom. The Balaban J connectivity index is 2.05. The fourth-order valence-corrected chi connectivity index (χ4v) is 3.05. The molecule has 98 valence electrons. The third kappa shape index (κ3) is 2.80. The lowest BCUT2D eigenvalue weighted by atomic mass is 9.75. The summed E-state index contributed by atoms with van der Waals surface area (Å²) in [5.74, 6) is 0.356. The monoisotopic (exact) mass is 240 g/mol. The zero-order valence-electron chi connectivity index (χ0n) is 10.8. The van der Waals surface area contributed by atoms with Crippen LogP contribution in [0.1, 0.15) is 32.6 Å². The summed E-state index contributed by atoms with van der Waals surface area (Å²) in [4.78, 5) is 14.7. The van der Waals surface area contributed by atoms with Crippen molar-refractivity contribution in [3.8, 4) is 0 Å². The number of morpholine rings is 1. The van der Waals surface area contributed by atoms with Crippen LogP contribution in [0.4, 0.5) is 0 Å². The van der Waals surface area contributed by atoms with E-state index in [1.807, 2.05) is 4.90 Å². The van der Waals surface area contributed by atoms with Gasteiger partial charge in [-0.15, -0.1) is 0 Å². The zero-order chi connectivity index (χ0) is 12.1. The first-order chi connectivity index (χ1) is 8.28. The van der Waals surface area contributed by atoms with Gasteiger partial charge in [0.25, 0.3) is 0 Å². The van der Waals surface area contributed by atoms with Crippen LogP contribution in [-0.4, -0.2) is 50.2 Å². The van der Waals surface area contributed by atoms with Gasteiger partial charge >= 0.3 is 0 Å². The molecule has 4 heteroatoms. The van der Waals surface area contributed by atoms with E-state index in [1.54, 1.807) is 0 Å². The van der Waals surface area contributed by atoms with E-state index in [1.165, 1.54) is 0 Å². The molecule has 17 heavy (non-hydrogen) atoms. The first kappa shape index (κ1) is 12.8. The van der Waals surface area contributed by atoms with Gasteiger partial charge in [-0.25, -0.2) is 0 Å². The number of amides is 1. The summed E-state index contributed by atoms with van der Waals surface area (Å²) in [6.07, 6.45) is 4.26. The summed E-state index contributed by atoms with van der Waals surface area (Å²) < 4.78 is 5.32. The quantitative estimate of drug-likeness (QED) is 0.800. The maximum absolute atomic E-state index is 12.7. The van der Waals surface area contributed by atoms with Crippen molar-refractivity contribution < 1.29 is 9.53 Å². The number of carbonyl (C=O) groups excluding carboxylic acids is 1. The van der Waals surface area contributed by atoms with Gasteiger partial charge in [-0.1, -0.05) is 13.3 Å². The van der Waals surface area contributed by atoms with Crippen LogP contribution in [0.5, 0.6) is 0 Å². The average molecular weight is 240 g/mol. The largest absolute Gasteiger partial charge is 0.378 e. The van der Waals surface area contributed by atoms with Crippen LogP contribution < -0.4 is 5.32 Å². The molecule has 2 saturated heterocycles. The Kier molecular flexibility index (Phi) is 4.40. The molecule has 1 unspecified atom stereocenters. The molecule has 4 nitrogen and oxygen atoms in total. The minimum atomic E-state index is -0.135. The first-order valence-electron chi connectivity index (χ1n) is 6.86. The van der Waals surface area contributed by atoms with Crippen molar-refractivity contribution >= 4 is 5.91 Å². The number of nitrogens with zero attached hydrogens (tertiary/aromatic N) is 1. The topological polar surface area (TPSA) is 41.6 Å². The summed E-state index contributed by atoms with van der Waals surface area (Å²) in [5.41, 5.74) is -0.135. The van der Waals surface area contributed by atoms with E-state index in [0.717, 1.165) is 51.9 Å². The van der Waals surface area contributed by atoms with Gasteiger partial charge in [0.1, 0.15) is 0 Å². The van der Waals surface area contributed by atoms with Crippen LogP contribution in [0.25, 0.3) is 0 Å². The molecule has 0 saturated carbocycles. The van der Waals surface area contributed by atoms with Crippen LogP contribution in [0.2, 0.25) is 0 Å². The predicted octanol–water partition coefficient (Wildman–Crippen LogP) is 1.02. The lowest BCUT2D eigenvalue weighted by Crippen LogP contribution is -2.54. The molecule has 0 aromatic rings. The Labute approximate surface area is 104 Å². The standard InChI is InChI=1S/C13H24N2O2/c1-2-4-13(5-3-6-14-11-13)12(16)15-7-9-17-10-8-15/h14H,2-11H2,1H3. The molecular formula is C13H24N2O2. The minimum absolute atomic E-state index is 0.135. The number of ether oxygens (including phenoxy) is 1. The molecular weight excluding hydrogens is 216 g/mol. The molecule has 2 fully saturated rings. The van der Waals surface area contributed by atoms with E-state index in [9.17, 15) is 4.79 Å². The SMILES string of the molecule is CCCC1(C(=O)N2CCOCC2)CCCNC1. The van der Waals surface area contributed by atoms with Gasteiger partial charge in [0.05, 0.1) is 18.6 Å². The summed E-state index contributed by atoms with van der Waals surface area (Å²) in [6, 6.07) is 0. The lowest BCUT2D eigenvalue weighted by molar-refractivity contribution is -0.148. The van der Waals surface area contributed by atoms with Gasteiger partial charge in [-0.05, 0) is 25.8 Å². The van der Waals surface area contributed by atoms with Crippen molar-refractivity contribution in [1.29, 1.82) is 0 Å². The highest BCUT2D eigenvalue weighted by Crippen LogP contribution is 2.34. The Bertz CT molecular complexity index is 251. The van der Waals surface area contributed by atoms with Gasteiger partial charge in [-0.2, -0.15) is 0 Å². The van der Waals surface area contributed by atoms with Gasteiger partial charge < -0.3 is 15.0 Å². The van der Waals surface area contributed by atoms with E-state index in [-0.39, 0.29) is 5.41 Å². The van der Waals surface area contributed by atoms with E-state index in [4.69, 9.17) is 4.74 Å². The number of piperidine rings is 1. The molecule has 0 aromatic carbocycles. The highest BCUT2D eigenvalue weighted by Gasteiger charge is 2.41. The molecule has 2 rings (SSSR count). The maximum atomic E-state index is 12.7. The molecule has 0 radical (unpaired) electrons. The molecule has 2 aliphatic rings. The minimum Gasteiger partial charge on any atom is -0.378 e. The molecule has 0 bridgehead atoms. The normalized spacial score (nSPS) is 30.3. The highest BCUT2D eigenvalue weighted by molar-refractivity contribution is 5.83. The third-order valence-electron chi connectivity index (χ3n) is 3.95. The van der Waals surface area contributed by atoms with Crippen molar-refractivity contribution in [2.75, 3.05) is 39.4 Å². The van der Waals surface area contributed by atoms with Crippen LogP contribution >= 0.6 is 0 Å². The summed E-state index contributed by atoms with van der Waals surface area (Å²) in [5, 5.41) is 3.40. The molecule has 2 aliphatic heterocycles. The van der Waals surface area contributed by atoms with Gasteiger partial charge in [0, 0.05) is 19.6 Å². The Morgan fingerprint density at radius 1 is 1.41 bits per heavy atom. The van der Waals surface area contributed by atoms with Gasteiger partial charge in [0.15, 0.2) is 0 Å². The average Bonchev–Trinajstić information content (AvgIpc) is 2.40. The Morgan fingerprint density at radius 2 is 2.18 bits per heavy atom. The van der Waals surface area contributed by atoms with E-state index in [2.05, 4.69) is 12.2 Å². The number of rotatable bonds is 3. The second-order valence-electron chi connectivity index (χ2n) is 5.22. The zero-order valence-corrected chi connectivity index (χ0v) is 10.8. The smallest absolute Gasteiger partial charge is 0.230 e. The van der Waals surface area contributed by atoms with Crippen molar-refractivity contribution in [3.63, 3.8) is 0 Å². The lowest BCUT2D eigenvalue weighted by Gasteiger charge is -2.41. The maximum Gasteiger partial charge on any atom is 0.230 e. The molecule has 0 aliphatic carbocycles. The molecule has 1 amide bonds.